The fourth-order valence-electron chi connectivity index (χ4n) is 3.14. The van der Waals surface area contributed by atoms with E-state index in [0.717, 1.165) is 36.1 Å². The van der Waals surface area contributed by atoms with E-state index in [-0.39, 0.29) is 5.92 Å². The second-order valence-electron chi connectivity index (χ2n) is 5.54. The highest BCUT2D eigenvalue weighted by molar-refractivity contribution is 5.89. The first-order chi connectivity index (χ1) is 10.7. The third kappa shape index (κ3) is 1.97. The highest BCUT2D eigenvalue weighted by atomic mass is 16.4. The van der Waals surface area contributed by atoms with E-state index in [1.54, 1.807) is 18.6 Å². The van der Waals surface area contributed by atoms with E-state index < -0.39 is 5.97 Å². The lowest BCUT2D eigenvalue weighted by atomic mass is 9.98. The lowest BCUT2D eigenvalue weighted by Gasteiger charge is -2.33. The predicted octanol–water partition coefficient (Wildman–Crippen LogP) is 1.58. The second-order valence-corrected chi connectivity index (χ2v) is 5.54. The fraction of sp³-hybridized carbons (Fsp3) is 0.333. The number of hydrogen-bond acceptors (Lipinski definition) is 5. The van der Waals surface area contributed by atoms with E-state index in [9.17, 15) is 9.90 Å². The van der Waals surface area contributed by atoms with Crippen LogP contribution in [0.3, 0.4) is 0 Å². The summed E-state index contributed by atoms with van der Waals surface area (Å²) in [5, 5.41) is 9.29. The highest BCUT2D eigenvalue weighted by Gasteiger charge is 2.26. The summed E-state index contributed by atoms with van der Waals surface area (Å²) in [7, 11) is 0. The van der Waals surface area contributed by atoms with Crippen LogP contribution in [0.4, 0.5) is 5.69 Å². The molecule has 4 heterocycles. The summed E-state index contributed by atoms with van der Waals surface area (Å²) in [6, 6.07) is 1.94. The number of piperidine rings is 1. The van der Waals surface area contributed by atoms with Gasteiger partial charge in [-0.2, -0.15) is 0 Å². The molecule has 3 aromatic rings. The summed E-state index contributed by atoms with van der Waals surface area (Å²) in [6.07, 6.45) is 8.62. The van der Waals surface area contributed by atoms with Gasteiger partial charge in [0.05, 0.1) is 23.3 Å². The van der Waals surface area contributed by atoms with Crippen LogP contribution in [0, 0.1) is 5.92 Å². The number of aromatic nitrogens is 4. The van der Waals surface area contributed by atoms with Crippen molar-refractivity contribution in [2.24, 2.45) is 5.92 Å². The molecule has 1 atom stereocenters. The minimum absolute atomic E-state index is 0.322. The summed E-state index contributed by atoms with van der Waals surface area (Å²) >= 11 is 0. The number of carbonyl (C=O) groups is 1. The number of carboxylic acid groups (broad SMARTS) is 1. The summed E-state index contributed by atoms with van der Waals surface area (Å²) in [4.78, 5) is 26.3. The van der Waals surface area contributed by atoms with Gasteiger partial charge in [-0.1, -0.05) is 0 Å². The number of nitrogens with zero attached hydrogens (tertiary/aromatic N) is 5. The van der Waals surface area contributed by atoms with E-state index in [4.69, 9.17) is 0 Å². The topological polar surface area (TPSA) is 83.6 Å². The van der Waals surface area contributed by atoms with Crippen molar-refractivity contribution in [1.29, 1.82) is 0 Å². The first-order valence-electron chi connectivity index (χ1n) is 7.28. The number of aliphatic carboxylic acids is 1. The van der Waals surface area contributed by atoms with Crippen molar-refractivity contribution < 1.29 is 9.90 Å². The zero-order valence-corrected chi connectivity index (χ0v) is 11.9. The Labute approximate surface area is 126 Å². The van der Waals surface area contributed by atoms with Crippen molar-refractivity contribution in [3.63, 3.8) is 0 Å². The molecule has 22 heavy (non-hydrogen) atoms. The maximum atomic E-state index is 11.3. The Bertz CT molecular complexity index is 859. The highest BCUT2D eigenvalue weighted by Crippen LogP contribution is 2.29. The van der Waals surface area contributed by atoms with Crippen molar-refractivity contribution in [1.82, 2.24) is 19.4 Å². The van der Waals surface area contributed by atoms with Gasteiger partial charge in [-0.25, -0.2) is 9.97 Å². The van der Waals surface area contributed by atoms with Crippen LogP contribution >= 0.6 is 0 Å². The first-order valence-corrected chi connectivity index (χ1v) is 7.28. The SMILES string of the molecule is O=C(O)C1CCCN(c2ccnc3cnc4nccn4c23)C1. The van der Waals surface area contributed by atoms with Gasteiger partial charge in [0.25, 0.3) is 0 Å². The van der Waals surface area contributed by atoms with Crippen LogP contribution in [0.1, 0.15) is 12.8 Å². The van der Waals surface area contributed by atoms with Crippen molar-refractivity contribution in [3.05, 3.63) is 30.9 Å². The number of carboxylic acids is 1. The molecule has 0 spiro atoms. The Kier molecular flexibility index (Phi) is 2.92. The Morgan fingerprint density at radius 3 is 3.05 bits per heavy atom. The minimum Gasteiger partial charge on any atom is -0.481 e. The van der Waals surface area contributed by atoms with Gasteiger partial charge in [0.1, 0.15) is 5.52 Å². The van der Waals surface area contributed by atoms with Crippen LogP contribution in [-0.2, 0) is 4.79 Å². The van der Waals surface area contributed by atoms with Crippen LogP contribution in [0.5, 0.6) is 0 Å². The lowest BCUT2D eigenvalue weighted by molar-refractivity contribution is -0.141. The normalized spacial score (nSPS) is 18.9. The van der Waals surface area contributed by atoms with Gasteiger partial charge in [0.2, 0.25) is 5.78 Å². The van der Waals surface area contributed by atoms with E-state index >= 15 is 0 Å². The van der Waals surface area contributed by atoms with Crippen LogP contribution in [0.15, 0.2) is 30.9 Å². The molecule has 1 saturated heterocycles. The molecule has 1 aliphatic rings. The molecule has 0 amide bonds. The van der Waals surface area contributed by atoms with Crippen molar-refractivity contribution in [2.75, 3.05) is 18.0 Å². The molecule has 112 valence electrons. The summed E-state index contributed by atoms with van der Waals surface area (Å²) in [6.45, 7) is 1.37. The number of imidazole rings is 1. The van der Waals surface area contributed by atoms with Gasteiger partial charge in [-0.3, -0.25) is 14.2 Å². The number of hydrogen-bond donors (Lipinski definition) is 1. The first kappa shape index (κ1) is 13.0. The van der Waals surface area contributed by atoms with E-state index in [1.165, 1.54) is 0 Å². The molecule has 0 bridgehead atoms. The molecule has 1 N–H and O–H groups in total. The summed E-state index contributed by atoms with van der Waals surface area (Å²) in [5.74, 6) is -0.428. The van der Waals surface area contributed by atoms with Crippen LogP contribution in [-0.4, -0.2) is 43.5 Å². The van der Waals surface area contributed by atoms with E-state index in [2.05, 4.69) is 19.9 Å². The largest absolute Gasteiger partial charge is 0.481 e. The van der Waals surface area contributed by atoms with E-state index in [0.29, 0.717) is 12.3 Å². The van der Waals surface area contributed by atoms with Crippen LogP contribution < -0.4 is 4.90 Å². The number of fused-ring (bicyclic) bond motifs is 3. The number of anilines is 1. The Balaban J connectivity index is 1.87. The second kappa shape index (κ2) is 4.94. The van der Waals surface area contributed by atoms with Gasteiger partial charge in [-0.05, 0) is 18.9 Å². The molecule has 1 aliphatic heterocycles. The molecule has 3 aromatic heterocycles. The zero-order valence-electron chi connectivity index (χ0n) is 11.9. The molecule has 1 unspecified atom stereocenters. The molecule has 7 nitrogen and oxygen atoms in total. The van der Waals surface area contributed by atoms with Crippen molar-refractivity contribution in [3.8, 4) is 0 Å². The molecular weight excluding hydrogens is 282 g/mol. The van der Waals surface area contributed by atoms with Gasteiger partial charge in [0, 0.05) is 31.7 Å². The van der Waals surface area contributed by atoms with Gasteiger partial charge in [0.15, 0.2) is 0 Å². The Morgan fingerprint density at radius 1 is 1.27 bits per heavy atom. The van der Waals surface area contributed by atoms with Crippen LogP contribution in [0.2, 0.25) is 0 Å². The van der Waals surface area contributed by atoms with Gasteiger partial charge < -0.3 is 10.0 Å². The number of rotatable bonds is 2. The predicted molar refractivity (Wildman–Crippen MR) is 80.9 cm³/mol. The van der Waals surface area contributed by atoms with Gasteiger partial charge in [-0.15, -0.1) is 0 Å². The van der Waals surface area contributed by atoms with Crippen LogP contribution in [0.25, 0.3) is 16.8 Å². The van der Waals surface area contributed by atoms with Crippen molar-refractivity contribution >= 4 is 28.5 Å². The molecule has 0 aliphatic carbocycles. The quantitative estimate of drug-likeness (QED) is 0.773. The van der Waals surface area contributed by atoms with Gasteiger partial charge >= 0.3 is 5.97 Å². The fourth-order valence-corrected chi connectivity index (χ4v) is 3.14. The standard InChI is InChI=1S/C15H15N5O2/c21-14(22)10-2-1-6-19(9-10)12-3-4-16-11-8-18-15-17-5-7-20(15)13(11)12/h3-5,7-8,10H,1-2,6,9H2,(H,21,22). The third-order valence-corrected chi connectivity index (χ3v) is 4.21. The molecule has 1 fully saturated rings. The summed E-state index contributed by atoms with van der Waals surface area (Å²) < 4.78 is 1.90. The minimum atomic E-state index is -0.725. The lowest BCUT2D eigenvalue weighted by Crippen LogP contribution is -2.38. The molecule has 0 saturated carbocycles. The Morgan fingerprint density at radius 2 is 2.18 bits per heavy atom. The molecule has 0 radical (unpaired) electrons. The Hall–Kier alpha value is -2.70. The third-order valence-electron chi connectivity index (χ3n) is 4.21. The zero-order chi connectivity index (χ0) is 15.1. The monoisotopic (exact) mass is 297 g/mol. The summed E-state index contributed by atoms with van der Waals surface area (Å²) in [5.41, 5.74) is 2.69. The molecular formula is C15H15N5O2. The number of pyridine rings is 1. The van der Waals surface area contributed by atoms with E-state index in [1.807, 2.05) is 16.7 Å². The average molecular weight is 297 g/mol. The molecule has 4 rings (SSSR count). The average Bonchev–Trinajstić information content (AvgIpc) is 3.03. The smallest absolute Gasteiger partial charge is 0.308 e. The maximum absolute atomic E-state index is 11.3. The maximum Gasteiger partial charge on any atom is 0.308 e. The molecule has 0 aromatic carbocycles. The molecule has 7 heteroatoms. The van der Waals surface area contributed by atoms with Crippen molar-refractivity contribution in [2.45, 2.75) is 12.8 Å².